The van der Waals surface area contributed by atoms with Crippen LogP contribution in [-0.4, -0.2) is 29.2 Å². The molecule has 0 fully saturated rings. The number of hydrogen-bond acceptors (Lipinski definition) is 0. The van der Waals surface area contributed by atoms with E-state index in [0.29, 0.717) is 0 Å². The molecule has 0 aliphatic heterocycles. The van der Waals surface area contributed by atoms with Gasteiger partial charge in [0.25, 0.3) is 0 Å². The van der Waals surface area contributed by atoms with Crippen LogP contribution in [0.2, 0.25) is 0 Å². The Morgan fingerprint density at radius 2 is 1.00 bits per heavy atom. The van der Waals surface area contributed by atoms with E-state index in [1.807, 2.05) is 0 Å². The van der Waals surface area contributed by atoms with Gasteiger partial charge in [0.15, 0.2) is 0 Å². The van der Waals surface area contributed by atoms with E-state index in [4.69, 9.17) is 0 Å². The van der Waals surface area contributed by atoms with Crippen LogP contribution in [0.4, 0.5) is 0 Å². The zero-order valence-corrected chi connectivity index (χ0v) is 9.89. The van der Waals surface area contributed by atoms with Gasteiger partial charge in [-0.2, -0.15) is 0 Å². The van der Waals surface area contributed by atoms with Gasteiger partial charge in [0.1, 0.15) is 0 Å². The third kappa shape index (κ3) is 1.82. The van der Waals surface area contributed by atoms with Gasteiger partial charge in [0.2, 0.25) is 0 Å². The van der Waals surface area contributed by atoms with E-state index in [-0.39, 0.29) is 0 Å². The van der Waals surface area contributed by atoms with Crippen LogP contribution in [0, 0.1) is 0 Å². The van der Waals surface area contributed by atoms with Crippen molar-refractivity contribution in [2.75, 3.05) is 6.54 Å². The Morgan fingerprint density at radius 1 is 0.750 bits per heavy atom. The van der Waals surface area contributed by atoms with Crippen molar-refractivity contribution in [3.05, 3.63) is 0 Å². The van der Waals surface area contributed by atoms with Gasteiger partial charge in [0, 0.05) is 0 Å². The summed E-state index contributed by atoms with van der Waals surface area (Å²) in [5.74, 6) is 0. The highest BCUT2D eigenvalue weighted by Gasteiger charge is 2.35. The van der Waals surface area contributed by atoms with Crippen LogP contribution >= 0.6 is 0 Å². The SMILES string of the molecule is CC[N+](C(C)C)(C(C)C)C(C)C. The molecule has 0 radical (unpaired) electrons. The van der Waals surface area contributed by atoms with Crippen LogP contribution in [0.25, 0.3) is 0 Å². The molecule has 0 aromatic heterocycles. The number of rotatable bonds is 4. The zero-order chi connectivity index (χ0) is 9.94. The van der Waals surface area contributed by atoms with Gasteiger partial charge < -0.3 is 4.48 Å². The first-order valence-corrected chi connectivity index (χ1v) is 5.26. The maximum Gasteiger partial charge on any atom is 0.0837 e. The predicted molar refractivity (Wildman–Crippen MR) is 56.2 cm³/mol. The molecule has 0 aliphatic rings. The lowest BCUT2D eigenvalue weighted by Gasteiger charge is -2.48. The molecule has 1 heteroatoms. The monoisotopic (exact) mass is 172 g/mol. The largest absolute Gasteiger partial charge is 0.318 e. The molecular weight excluding hydrogens is 146 g/mol. The number of hydrogen-bond donors (Lipinski definition) is 0. The summed E-state index contributed by atoms with van der Waals surface area (Å²) in [5.41, 5.74) is 0. The molecule has 0 amide bonds. The molecule has 0 N–H and O–H groups in total. The average molecular weight is 172 g/mol. The van der Waals surface area contributed by atoms with Crippen LogP contribution in [0.15, 0.2) is 0 Å². The topological polar surface area (TPSA) is 0 Å². The van der Waals surface area contributed by atoms with E-state index in [1.54, 1.807) is 0 Å². The molecule has 0 heterocycles. The van der Waals surface area contributed by atoms with Crippen LogP contribution in [0.5, 0.6) is 0 Å². The van der Waals surface area contributed by atoms with Gasteiger partial charge in [-0.3, -0.25) is 0 Å². The van der Waals surface area contributed by atoms with E-state index in [9.17, 15) is 0 Å². The van der Waals surface area contributed by atoms with Crippen molar-refractivity contribution >= 4 is 0 Å². The molecule has 0 saturated carbocycles. The molecule has 0 aromatic rings. The smallest absolute Gasteiger partial charge is 0.0837 e. The molecule has 0 bridgehead atoms. The van der Waals surface area contributed by atoms with Gasteiger partial charge in [-0.15, -0.1) is 0 Å². The van der Waals surface area contributed by atoms with E-state index < -0.39 is 0 Å². The Kier molecular flexibility index (Phi) is 4.25. The van der Waals surface area contributed by atoms with E-state index in [1.165, 1.54) is 11.0 Å². The molecule has 1 nitrogen and oxygen atoms in total. The number of quaternary nitrogens is 1. The fourth-order valence-corrected chi connectivity index (χ4v) is 2.88. The fourth-order valence-electron chi connectivity index (χ4n) is 2.88. The Hall–Kier alpha value is -0.0400. The molecule has 0 aromatic carbocycles. The summed E-state index contributed by atoms with van der Waals surface area (Å²) in [4.78, 5) is 0. The first kappa shape index (κ1) is 12.0. The summed E-state index contributed by atoms with van der Waals surface area (Å²) in [6.45, 7) is 17.6. The van der Waals surface area contributed by atoms with Crippen molar-refractivity contribution < 1.29 is 4.48 Å². The van der Waals surface area contributed by atoms with Crippen molar-refractivity contribution in [1.29, 1.82) is 0 Å². The zero-order valence-electron chi connectivity index (χ0n) is 9.89. The van der Waals surface area contributed by atoms with Gasteiger partial charge in [0.05, 0.1) is 24.7 Å². The standard InChI is InChI=1S/C11H26N/c1-8-12(9(2)3,10(4)5)11(6)7/h9-11H,8H2,1-7H3/q+1. The Morgan fingerprint density at radius 3 is 1.00 bits per heavy atom. The number of nitrogens with zero attached hydrogens (tertiary/aromatic N) is 1. The van der Waals surface area contributed by atoms with Crippen LogP contribution < -0.4 is 0 Å². The van der Waals surface area contributed by atoms with Gasteiger partial charge in [-0.25, -0.2) is 0 Å². The molecule has 0 saturated heterocycles. The van der Waals surface area contributed by atoms with E-state index in [2.05, 4.69) is 48.5 Å². The van der Waals surface area contributed by atoms with Crippen LogP contribution in [0.1, 0.15) is 48.5 Å². The molecule has 0 spiro atoms. The quantitative estimate of drug-likeness (QED) is 0.572. The molecule has 0 rings (SSSR count). The highest BCUT2D eigenvalue weighted by atomic mass is 15.4. The molecule has 0 atom stereocenters. The Labute approximate surface area is 78.4 Å². The molecule has 12 heavy (non-hydrogen) atoms. The third-order valence-electron chi connectivity index (χ3n) is 3.43. The van der Waals surface area contributed by atoms with E-state index in [0.717, 1.165) is 18.1 Å². The summed E-state index contributed by atoms with van der Waals surface area (Å²) in [6.07, 6.45) is 0. The average Bonchev–Trinajstić information content (AvgIpc) is 1.86. The van der Waals surface area contributed by atoms with Gasteiger partial charge in [-0.05, 0) is 48.5 Å². The summed E-state index contributed by atoms with van der Waals surface area (Å²) in [6, 6.07) is 2.19. The van der Waals surface area contributed by atoms with E-state index >= 15 is 0 Å². The summed E-state index contributed by atoms with van der Waals surface area (Å²) < 4.78 is 1.24. The lowest BCUT2D eigenvalue weighted by Crippen LogP contribution is -2.61. The lowest BCUT2D eigenvalue weighted by atomic mass is 10.1. The summed E-state index contributed by atoms with van der Waals surface area (Å²) >= 11 is 0. The minimum atomic E-state index is 0.731. The first-order valence-electron chi connectivity index (χ1n) is 5.26. The Bertz CT molecular complexity index is 103. The maximum absolute atomic E-state index is 2.34. The van der Waals surface area contributed by atoms with Crippen LogP contribution in [-0.2, 0) is 0 Å². The molecule has 0 unspecified atom stereocenters. The predicted octanol–water partition coefficient (Wildman–Crippen LogP) is 3.05. The minimum absolute atomic E-state index is 0.731. The Balaban J connectivity index is 4.77. The lowest BCUT2D eigenvalue weighted by molar-refractivity contribution is -0.983. The van der Waals surface area contributed by atoms with Crippen LogP contribution in [0.3, 0.4) is 0 Å². The van der Waals surface area contributed by atoms with Crippen molar-refractivity contribution in [3.63, 3.8) is 0 Å². The van der Waals surface area contributed by atoms with Gasteiger partial charge >= 0.3 is 0 Å². The van der Waals surface area contributed by atoms with Crippen molar-refractivity contribution in [2.45, 2.75) is 66.6 Å². The molecule has 74 valence electrons. The second kappa shape index (κ2) is 4.27. The molecular formula is C11H26N+. The highest BCUT2D eigenvalue weighted by molar-refractivity contribution is 4.56. The van der Waals surface area contributed by atoms with Crippen molar-refractivity contribution in [2.24, 2.45) is 0 Å². The second-order valence-electron chi connectivity index (χ2n) is 4.59. The van der Waals surface area contributed by atoms with Gasteiger partial charge in [-0.1, -0.05) is 0 Å². The van der Waals surface area contributed by atoms with Crippen molar-refractivity contribution in [3.8, 4) is 0 Å². The third-order valence-corrected chi connectivity index (χ3v) is 3.43. The second-order valence-corrected chi connectivity index (χ2v) is 4.59. The first-order chi connectivity index (χ1) is 5.39. The maximum atomic E-state index is 2.34. The summed E-state index contributed by atoms with van der Waals surface area (Å²) in [5, 5.41) is 0. The summed E-state index contributed by atoms with van der Waals surface area (Å²) in [7, 11) is 0. The van der Waals surface area contributed by atoms with Crippen molar-refractivity contribution in [1.82, 2.24) is 0 Å². The minimum Gasteiger partial charge on any atom is -0.318 e. The molecule has 0 aliphatic carbocycles. The normalized spacial score (nSPS) is 13.5. The highest BCUT2D eigenvalue weighted by Crippen LogP contribution is 2.23. The fraction of sp³-hybridized carbons (Fsp3) is 1.00.